The Morgan fingerprint density at radius 2 is 1.82 bits per heavy atom. The maximum atomic E-state index is 9.93. The van der Waals surface area contributed by atoms with Crippen LogP contribution in [0.2, 0.25) is 0 Å². The summed E-state index contributed by atoms with van der Waals surface area (Å²) in [6.07, 6.45) is -0.398. The molecule has 0 aromatic carbocycles. The fourth-order valence-corrected chi connectivity index (χ4v) is 0.391. The number of rotatable bonds is 4. The fraction of sp³-hybridized carbons (Fsp3) is 0.600. The van der Waals surface area contributed by atoms with Crippen molar-refractivity contribution in [3.63, 3.8) is 0 Å². The van der Waals surface area contributed by atoms with Gasteiger partial charge in [0.1, 0.15) is 0 Å². The van der Waals surface area contributed by atoms with Crippen molar-refractivity contribution in [2.24, 2.45) is 0 Å². The molecule has 0 heterocycles. The molecule has 5 nitrogen and oxygen atoms in total. The number of carboxylic acid groups (broad SMARTS) is 2. The van der Waals surface area contributed by atoms with Gasteiger partial charge in [0.2, 0.25) is 0 Å². The third-order valence-corrected chi connectivity index (χ3v) is 0.945. The van der Waals surface area contributed by atoms with Crippen molar-refractivity contribution < 1.29 is 49.4 Å². The zero-order valence-electron chi connectivity index (χ0n) is 6.20. The van der Waals surface area contributed by atoms with Crippen LogP contribution in [0.1, 0.15) is 12.8 Å². The predicted octanol–water partition coefficient (Wildman–Crippen LogP) is -2.64. The first-order valence-electron chi connectivity index (χ1n) is 2.69. The Hall–Kier alpha value is -0.100. The van der Waals surface area contributed by atoms with Crippen LogP contribution in [0.15, 0.2) is 0 Å². The molecular weight excluding hydrogens is 161 g/mol. The molecule has 58 valence electrons. The molecule has 11 heavy (non-hydrogen) atoms. The van der Waals surface area contributed by atoms with Crippen molar-refractivity contribution in [1.29, 1.82) is 0 Å². The topological polar surface area (TPSA) is 98.4 Å². The van der Waals surface area contributed by atoms with E-state index in [1.807, 2.05) is 0 Å². The first kappa shape index (κ1) is 13.5. The second-order valence-corrected chi connectivity index (χ2v) is 1.82. The molecule has 0 fully saturated rings. The van der Waals surface area contributed by atoms with E-state index in [4.69, 9.17) is 15.9 Å². The Bertz CT molecular complexity index is 149. The summed E-state index contributed by atoms with van der Waals surface area (Å²) in [5.74, 6) is -2.35. The van der Waals surface area contributed by atoms with E-state index in [0.29, 0.717) is 0 Å². The first-order chi connectivity index (χ1) is 4.54. The molecule has 0 saturated carbocycles. The van der Waals surface area contributed by atoms with Crippen LogP contribution in [0.25, 0.3) is 5.73 Å². The zero-order valence-corrected chi connectivity index (χ0v) is 8.20. The summed E-state index contributed by atoms with van der Waals surface area (Å²) in [4.78, 5) is 19.8. The van der Waals surface area contributed by atoms with Crippen LogP contribution >= 0.6 is 0 Å². The summed E-state index contributed by atoms with van der Waals surface area (Å²) >= 11 is 0. The summed E-state index contributed by atoms with van der Waals surface area (Å²) in [6.45, 7) is 0. The van der Waals surface area contributed by atoms with Crippen LogP contribution in [0.5, 0.6) is 0 Å². The molecule has 0 bridgehead atoms. The number of aliphatic carboxylic acids is 2. The molecule has 0 aliphatic carbocycles. The molecule has 0 aliphatic rings. The molecule has 1 atom stereocenters. The van der Waals surface area contributed by atoms with Crippen LogP contribution in [-0.4, -0.2) is 28.2 Å². The summed E-state index contributed by atoms with van der Waals surface area (Å²) in [5.41, 5.74) is 6.76. The van der Waals surface area contributed by atoms with Crippen LogP contribution in [0.4, 0.5) is 0 Å². The van der Waals surface area contributed by atoms with Gasteiger partial charge in [-0.1, -0.05) is 0 Å². The Morgan fingerprint density at radius 3 is 2.09 bits per heavy atom. The number of carbonyl (C=O) groups is 2. The third kappa shape index (κ3) is 7.80. The van der Waals surface area contributed by atoms with E-state index in [1.54, 1.807) is 0 Å². The number of carboxylic acids is 2. The van der Waals surface area contributed by atoms with Gasteiger partial charge in [-0.25, -0.2) is 0 Å². The third-order valence-electron chi connectivity index (χ3n) is 0.945. The van der Waals surface area contributed by atoms with Gasteiger partial charge in [0.25, 0.3) is 5.97 Å². The van der Waals surface area contributed by atoms with Gasteiger partial charge < -0.3 is 15.9 Å². The average Bonchev–Trinajstić information content (AvgIpc) is 1.82. The minimum atomic E-state index is -1.31. The Kier molecular flexibility index (Phi) is 8.09. The average molecular weight is 169 g/mol. The normalized spacial score (nSPS) is 11.4. The van der Waals surface area contributed by atoms with Gasteiger partial charge in [0, 0.05) is 6.42 Å². The van der Waals surface area contributed by atoms with Gasteiger partial charge in [-0.2, -0.15) is 0 Å². The Morgan fingerprint density at radius 1 is 1.36 bits per heavy atom. The fourth-order valence-electron chi connectivity index (χ4n) is 0.391. The molecular formula is C5H8NNaO4. The number of hydrogen-bond acceptors (Lipinski definition) is 2. The monoisotopic (exact) mass is 169 g/mol. The van der Waals surface area contributed by atoms with E-state index < -0.39 is 18.0 Å². The molecule has 3 N–H and O–H groups in total. The summed E-state index contributed by atoms with van der Waals surface area (Å²) in [5, 5.41) is 16.2. The molecule has 0 saturated heterocycles. The molecule has 0 aliphatic heterocycles. The molecule has 6 heteroatoms. The molecule has 0 radical (unpaired) electrons. The van der Waals surface area contributed by atoms with Crippen molar-refractivity contribution in [2.45, 2.75) is 18.9 Å². The van der Waals surface area contributed by atoms with Gasteiger partial charge in [0.15, 0.2) is 0 Å². The maximum Gasteiger partial charge on any atom is 1.00 e. The second kappa shape index (κ2) is 6.60. The maximum absolute atomic E-state index is 9.93. The predicted molar refractivity (Wildman–Crippen MR) is 32.6 cm³/mol. The van der Waals surface area contributed by atoms with Gasteiger partial charge in [-0.05, 0) is 12.5 Å². The standard InChI is InChI=1S/C5H8NO4.Na/c6-3(5(9)10)1-2-4(7)8;/h3,6H,1-2H2,(H,7,8)(H,9,10);/q-1;+1/t3-;/m0./s1. The van der Waals surface area contributed by atoms with Gasteiger partial charge >= 0.3 is 35.5 Å². The quantitative estimate of drug-likeness (QED) is 0.449. The van der Waals surface area contributed by atoms with E-state index in [9.17, 15) is 9.59 Å². The van der Waals surface area contributed by atoms with E-state index in [-0.39, 0.29) is 42.4 Å². The van der Waals surface area contributed by atoms with Crippen molar-refractivity contribution in [3.05, 3.63) is 5.73 Å². The Balaban J connectivity index is 0. The van der Waals surface area contributed by atoms with E-state index in [0.717, 1.165) is 0 Å². The smallest absolute Gasteiger partial charge is 0.665 e. The summed E-state index contributed by atoms with van der Waals surface area (Å²) in [7, 11) is 0. The molecule has 0 rings (SSSR count). The van der Waals surface area contributed by atoms with Crippen molar-refractivity contribution in [3.8, 4) is 0 Å². The van der Waals surface area contributed by atoms with Crippen molar-refractivity contribution in [2.75, 3.05) is 0 Å². The van der Waals surface area contributed by atoms with E-state index in [1.165, 1.54) is 0 Å². The molecule has 0 spiro atoms. The van der Waals surface area contributed by atoms with Crippen LogP contribution in [0.3, 0.4) is 0 Å². The second-order valence-electron chi connectivity index (χ2n) is 1.82. The van der Waals surface area contributed by atoms with Crippen molar-refractivity contribution in [1.82, 2.24) is 0 Å². The Labute approximate surface area is 85.9 Å². The molecule has 0 aromatic heterocycles. The van der Waals surface area contributed by atoms with Gasteiger partial charge in [-0.15, -0.1) is 0 Å². The SMILES string of the molecule is [NH-][C@@H](CCC(=O)O)C(=O)O.[Na+]. The van der Waals surface area contributed by atoms with E-state index >= 15 is 0 Å². The van der Waals surface area contributed by atoms with E-state index in [2.05, 4.69) is 0 Å². The zero-order chi connectivity index (χ0) is 8.15. The molecule has 0 amide bonds. The van der Waals surface area contributed by atoms with Crippen LogP contribution in [0, 0.1) is 0 Å². The van der Waals surface area contributed by atoms with Crippen LogP contribution in [-0.2, 0) is 9.59 Å². The first-order valence-corrected chi connectivity index (χ1v) is 2.69. The minimum Gasteiger partial charge on any atom is -0.665 e. The van der Waals surface area contributed by atoms with Crippen LogP contribution < -0.4 is 29.6 Å². The minimum absolute atomic E-state index is 0. The van der Waals surface area contributed by atoms with Gasteiger partial charge in [-0.3, -0.25) is 9.59 Å². The molecule has 0 unspecified atom stereocenters. The van der Waals surface area contributed by atoms with Crippen molar-refractivity contribution >= 4 is 11.9 Å². The largest absolute Gasteiger partial charge is 1.00 e. The summed E-state index contributed by atoms with van der Waals surface area (Å²) < 4.78 is 0. The molecule has 0 aromatic rings. The number of nitrogens with one attached hydrogen (secondary N) is 1. The number of hydrogen-bond donors (Lipinski definition) is 2. The summed E-state index contributed by atoms with van der Waals surface area (Å²) in [6, 6.07) is -1.31. The van der Waals surface area contributed by atoms with Gasteiger partial charge in [0.05, 0.1) is 0 Å².